The summed E-state index contributed by atoms with van der Waals surface area (Å²) in [4.78, 5) is 20.7. The Bertz CT molecular complexity index is 6010. The third-order valence-corrected chi connectivity index (χ3v) is 20.4. The Kier molecular flexibility index (Phi) is 12.4. The van der Waals surface area contributed by atoms with Crippen LogP contribution in [0.15, 0.2) is 279 Å². The highest BCUT2D eigenvalue weighted by Crippen LogP contribution is 2.53. The van der Waals surface area contributed by atoms with Gasteiger partial charge in [0.15, 0.2) is 11.6 Å². The van der Waals surface area contributed by atoms with Crippen LogP contribution in [0.5, 0.6) is 0 Å². The maximum atomic E-state index is 6.76. The molecule has 0 bridgehead atoms. The molecule has 6 heteroatoms. The van der Waals surface area contributed by atoms with Crippen molar-refractivity contribution in [2.45, 2.75) is 44.9 Å². The molecule has 0 fully saturated rings. The third kappa shape index (κ3) is 8.68. The van der Waals surface area contributed by atoms with Crippen molar-refractivity contribution in [1.29, 1.82) is 0 Å². The molecule has 0 N–H and O–H groups in total. The average Bonchev–Trinajstić information content (AvgIpc) is 1.56. The average molecular weight is 1210 g/mol. The molecule has 20 rings (SSSR count). The maximum Gasteiger partial charge on any atom is 0.162 e. The molecule has 3 heterocycles. The van der Waals surface area contributed by atoms with Gasteiger partial charge in [0.25, 0.3) is 0 Å². The summed E-state index contributed by atoms with van der Waals surface area (Å²) in [6.07, 6.45) is 1.08. The molecule has 93 heavy (non-hydrogen) atoms. The first-order valence-electron chi connectivity index (χ1n) is 32.1. The smallest absolute Gasteiger partial charge is 0.162 e. The minimum Gasteiger partial charge on any atom is -0.293 e. The molecule has 17 aromatic rings. The molecule has 3 aromatic heterocycles. The zero-order valence-corrected chi connectivity index (χ0v) is 52.6. The molecule has 0 atom stereocenters. The van der Waals surface area contributed by atoms with E-state index >= 15 is 0 Å². The van der Waals surface area contributed by atoms with E-state index in [0.717, 1.165) is 62.7 Å². The molecular formula is C87H60ClN5. The highest BCUT2D eigenvalue weighted by atomic mass is 35.5. The van der Waals surface area contributed by atoms with E-state index in [0.29, 0.717) is 11.0 Å². The normalized spacial score (nSPS) is 13.6. The van der Waals surface area contributed by atoms with Crippen molar-refractivity contribution in [3.63, 3.8) is 0 Å². The van der Waals surface area contributed by atoms with Crippen LogP contribution in [-0.4, -0.2) is 24.5 Å². The molecule has 0 amide bonds. The topological polar surface area (TPSA) is 56.5 Å². The van der Waals surface area contributed by atoms with Crippen molar-refractivity contribution in [2.75, 3.05) is 0 Å². The molecule has 440 valence electrons. The number of hydrogen-bond donors (Lipinski definition) is 0. The van der Waals surface area contributed by atoms with Crippen LogP contribution in [0.2, 0.25) is 5.15 Å². The standard InChI is InChI=1S/C43H29N3.C27H19ClN2.C17H12/c1-43(2)36-17-9-7-16-33(36)40-39(43)42(45-41(44-40)30-22-21-27-20-19-26-11-5-6-14-31(26)34(27)24-30)46-37-18-10-8-15-32(37)35-23-28-12-3-4-13-29(28)25-38(35)46;1-27(2)22-10-6-5-9-20(22)24-23(27)25(28)30-26(29-24)18-14-13-17-12-11-16-7-3-4-8-19(16)21(17)15-18;1-2-6-13-11-17-15(9-12(13)5-1)10-14-7-3-4-8-16(14)17/h3-25H,1-2H3;3-15H,1-2H3;1-9,11H,10H2. The van der Waals surface area contributed by atoms with Crippen LogP contribution in [0.25, 0.3) is 149 Å². The van der Waals surface area contributed by atoms with Gasteiger partial charge in [-0.05, 0) is 141 Å². The SMILES string of the molecule is CC1(C)c2ccccc2-c2nc(-c3ccc4ccc5ccccc5c4c3)nc(-n3c4ccccc4c4cc5ccccc5cc43)c21.CC1(C)c2ccccc2-c2nc(-c3ccc4ccc5ccccc5c4c3)nc(Cl)c21.c1ccc2c(c1)Cc1cc3ccccc3cc1-2. The Morgan fingerprint density at radius 3 is 1.37 bits per heavy atom. The molecule has 0 spiro atoms. The molecule has 0 radical (unpaired) electrons. The lowest BCUT2D eigenvalue weighted by atomic mass is 9.82. The molecule has 0 saturated carbocycles. The molecule has 0 aliphatic heterocycles. The fourth-order valence-corrected chi connectivity index (χ4v) is 16.0. The van der Waals surface area contributed by atoms with E-state index in [1.807, 2.05) is 0 Å². The second-order valence-corrected chi connectivity index (χ2v) is 26.6. The summed E-state index contributed by atoms with van der Waals surface area (Å²) in [6, 6.07) is 100. The van der Waals surface area contributed by atoms with Crippen molar-refractivity contribution in [3.8, 4) is 62.2 Å². The van der Waals surface area contributed by atoms with Gasteiger partial charge in [-0.15, -0.1) is 0 Å². The van der Waals surface area contributed by atoms with E-state index in [-0.39, 0.29) is 10.8 Å². The predicted molar refractivity (Wildman–Crippen MR) is 389 cm³/mol. The molecular weight excluding hydrogens is 1150 g/mol. The second kappa shape index (κ2) is 21.0. The molecule has 0 unspecified atom stereocenters. The molecule has 3 aliphatic rings. The predicted octanol–water partition coefficient (Wildman–Crippen LogP) is 22.8. The number of hydrogen-bond acceptors (Lipinski definition) is 4. The lowest BCUT2D eigenvalue weighted by Gasteiger charge is -2.24. The number of rotatable bonds is 3. The Balaban J connectivity index is 0.000000115. The summed E-state index contributed by atoms with van der Waals surface area (Å²) in [5.41, 5.74) is 18.6. The van der Waals surface area contributed by atoms with Crippen LogP contribution in [0.4, 0.5) is 0 Å². The number of aromatic nitrogens is 5. The van der Waals surface area contributed by atoms with Crippen molar-refractivity contribution < 1.29 is 0 Å². The van der Waals surface area contributed by atoms with Crippen LogP contribution >= 0.6 is 11.6 Å². The van der Waals surface area contributed by atoms with Crippen molar-refractivity contribution in [1.82, 2.24) is 24.5 Å². The first-order chi connectivity index (χ1) is 45.5. The summed E-state index contributed by atoms with van der Waals surface area (Å²) in [5.74, 6) is 2.35. The van der Waals surface area contributed by atoms with Gasteiger partial charge in [-0.1, -0.05) is 282 Å². The highest BCUT2D eigenvalue weighted by Gasteiger charge is 2.42. The molecule has 5 nitrogen and oxygen atoms in total. The van der Waals surface area contributed by atoms with Gasteiger partial charge >= 0.3 is 0 Å². The summed E-state index contributed by atoms with van der Waals surface area (Å²) >= 11 is 6.76. The monoisotopic (exact) mass is 1210 g/mol. The summed E-state index contributed by atoms with van der Waals surface area (Å²) in [5, 5.41) is 17.9. The van der Waals surface area contributed by atoms with E-state index < -0.39 is 0 Å². The van der Waals surface area contributed by atoms with Gasteiger partial charge in [0.05, 0.1) is 22.4 Å². The third-order valence-electron chi connectivity index (χ3n) is 20.1. The van der Waals surface area contributed by atoms with E-state index in [4.69, 9.17) is 31.5 Å². The first kappa shape index (κ1) is 54.8. The van der Waals surface area contributed by atoms with Gasteiger partial charge in [-0.3, -0.25) is 4.57 Å². The Hall–Kier alpha value is -11.1. The summed E-state index contributed by atoms with van der Waals surface area (Å²) in [6.45, 7) is 9.01. The fourth-order valence-electron chi connectivity index (χ4n) is 15.6. The molecule has 0 saturated heterocycles. The number of benzene rings is 14. The zero-order chi connectivity index (χ0) is 62.3. The molecule has 14 aromatic carbocycles. The summed E-state index contributed by atoms with van der Waals surface area (Å²) < 4.78 is 2.39. The number of nitrogens with zero attached hydrogens (tertiary/aromatic N) is 5. The molecule has 3 aliphatic carbocycles. The first-order valence-corrected chi connectivity index (χ1v) is 32.5. The van der Waals surface area contributed by atoms with E-state index in [1.54, 1.807) is 0 Å². The van der Waals surface area contributed by atoms with Crippen LogP contribution in [0.1, 0.15) is 61.1 Å². The van der Waals surface area contributed by atoms with Crippen LogP contribution in [-0.2, 0) is 17.3 Å². The Morgan fingerprint density at radius 1 is 0.312 bits per heavy atom. The van der Waals surface area contributed by atoms with Gasteiger partial charge < -0.3 is 0 Å². The van der Waals surface area contributed by atoms with Crippen molar-refractivity contribution in [3.05, 3.63) is 318 Å². The highest BCUT2D eigenvalue weighted by molar-refractivity contribution is 6.31. The van der Waals surface area contributed by atoms with E-state index in [2.05, 4.69) is 311 Å². The quantitative estimate of drug-likeness (QED) is 0.131. The van der Waals surface area contributed by atoms with Gasteiger partial charge in [-0.2, -0.15) is 0 Å². The lowest BCUT2D eigenvalue weighted by molar-refractivity contribution is 0.650. The van der Waals surface area contributed by atoms with E-state index in [9.17, 15) is 0 Å². The largest absolute Gasteiger partial charge is 0.293 e. The van der Waals surface area contributed by atoms with Crippen LogP contribution in [0, 0.1) is 0 Å². The zero-order valence-electron chi connectivity index (χ0n) is 51.9. The van der Waals surface area contributed by atoms with Crippen molar-refractivity contribution >= 4 is 98.0 Å². The second-order valence-electron chi connectivity index (χ2n) is 26.2. The maximum absolute atomic E-state index is 6.76. The van der Waals surface area contributed by atoms with Crippen molar-refractivity contribution in [2.24, 2.45) is 0 Å². The minimum absolute atomic E-state index is 0.207. The van der Waals surface area contributed by atoms with E-state index in [1.165, 1.54) is 120 Å². The van der Waals surface area contributed by atoms with Gasteiger partial charge in [0, 0.05) is 55.0 Å². The van der Waals surface area contributed by atoms with Gasteiger partial charge in [0.2, 0.25) is 0 Å². The van der Waals surface area contributed by atoms with Gasteiger partial charge in [-0.25, -0.2) is 19.9 Å². The number of halogens is 1. The van der Waals surface area contributed by atoms with Crippen LogP contribution in [0.3, 0.4) is 0 Å². The van der Waals surface area contributed by atoms with Crippen LogP contribution < -0.4 is 0 Å². The fraction of sp³-hybridized carbons (Fsp3) is 0.0805. The Morgan fingerprint density at radius 2 is 0.753 bits per heavy atom. The summed E-state index contributed by atoms with van der Waals surface area (Å²) in [7, 11) is 0. The lowest BCUT2D eigenvalue weighted by Crippen LogP contribution is -2.19. The van der Waals surface area contributed by atoms with Gasteiger partial charge in [0.1, 0.15) is 11.0 Å². The number of fused-ring (bicyclic) bond motifs is 20. The Labute approximate surface area is 543 Å². The minimum atomic E-state index is -0.284. The number of para-hydroxylation sites is 1.